The van der Waals surface area contributed by atoms with Crippen LogP contribution in [0.3, 0.4) is 0 Å². The summed E-state index contributed by atoms with van der Waals surface area (Å²) in [5.74, 6) is 0.650. The zero-order valence-electron chi connectivity index (χ0n) is 11.0. The van der Waals surface area contributed by atoms with E-state index in [1.807, 2.05) is 6.20 Å². The fourth-order valence-electron chi connectivity index (χ4n) is 2.64. The number of aryl methyl sites for hydroxylation is 1. The summed E-state index contributed by atoms with van der Waals surface area (Å²) in [5, 5.41) is 0. The first-order valence-electron chi connectivity index (χ1n) is 6.40. The van der Waals surface area contributed by atoms with E-state index in [0.29, 0.717) is 0 Å². The van der Waals surface area contributed by atoms with Crippen LogP contribution in [0.15, 0.2) is 18.3 Å². The van der Waals surface area contributed by atoms with Crippen LogP contribution in [0, 0.1) is 6.92 Å². The highest BCUT2D eigenvalue weighted by Crippen LogP contribution is 2.34. The van der Waals surface area contributed by atoms with Gasteiger partial charge in [-0.15, -0.1) is 11.3 Å². The molecular formula is C14H16N2O2S. The maximum absolute atomic E-state index is 11.8. The maximum Gasteiger partial charge on any atom is 0.314 e. The van der Waals surface area contributed by atoms with Gasteiger partial charge in [-0.1, -0.05) is 0 Å². The van der Waals surface area contributed by atoms with Crippen molar-refractivity contribution in [2.75, 3.05) is 7.11 Å². The summed E-state index contributed by atoms with van der Waals surface area (Å²) in [7, 11) is 1.45. The number of methoxy groups -OCH3 is 1. The van der Waals surface area contributed by atoms with Gasteiger partial charge >= 0.3 is 5.97 Å². The summed E-state index contributed by atoms with van der Waals surface area (Å²) in [5.41, 5.74) is 0.985. The molecule has 100 valence electrons. The van der Waals surface area contributed by atoms with E-state index in [4.69, 9.17) is 4.74 Å². The van der Waals surface area contributed by atoms with Crippen molar-refractivity contribution < 1.29 is 9.53 Å². The zero-order chi connectivity index (χ0) is 13.4. The molecule has 0 fully saturated rings. The number of imidazole rings is 1. The molecule has 2 aromatic rings. The first-order valence-corrected chi connectivity index (χ1v) is 7.22. The Bertz CT molecular complexity index is 615. The van der Waals surface area contributed by atoms with E-state index in [-0.39, 0.29) is 11.9 Å². The summed E-state index contributed by atoms with van der Waals surface area (Å²) in [6, 6.07) is 4.19. The van der Waals surface area contributed by atoms with Crippen molar-refractivity contribution in [1.82, 2.24) is 9.55 Å². The number of hydrogen-bond donors (Lipinski definition) is 0. The second-order valence-electron chi connectivity index (χ2n) is 4.79. The Kier molecular flexibility index (Phi) is 3.14. The Hall–Kier alpha value is -1.62. The van der Waals surface area contributed by atoms with Gasteiger partial charge in [0.1, 0.15) is 5.82 Å². The van der Waals surface area contributed by atoms with Crippen molar-refractivity contribution >= 4 is 17.3 Å². The Morgan fingerprint density at radius 3 is 3.05 bits per heavy atom. The van der Waals surface area contributed by atoms with Gasteiger partial charge in [-0.2, -0.15) is 0 Å². The second kappa shape index (κ2) is 4.81. The fraction of sp³-hybridized carbons (Fsp3) is 0.429. The second-order valence-corrected chi connectivity index (χ2v) is 6.07. The predicted octanol–water partition coefficient (Wildman–Crippen LogP) is 2.97. The van der Waals surface area contributed by atoms with Crippen LogP contribution in [0.4, 0.5) is 0 Å². The van der Waals surface area contributed by atoms with Crippen molar-refractivity contribution in [2.24, 2.45) is 0 Å². The van der Waals surface area contributed by atoms with Gasteiger partial charge in [0.05, 0.1) is 23.6 Å². The lowest BCUT2D eigenvalue weighted by Crippen LogP contribution is -2.23. The Balaban J connectivity index is 2.03. The highest BCUT2D eigenvalue weighted by atomic mass is 32.1. The van der Waals surface area contributed by atoms with Crippen molar-refractivity contribution in [3.05, 3.63) is 28.9 Å². The largest absolute Gasteiger partial charge is 0.469 e. The van der Waals surface area contributed by atoms with Crippen molar-refractivity contribution in [1.29, 1.82) is 0 Å². The van der Waals surface area contributed by atoms with Gasteiger partial charge < -0.3 is 9.30 Å². The molecule has 0 aliphatic carbocycles. The molecule has 0 saturated heterocycles. The van der Waals surface area contributed by atoms with E-state index >= 15 is 0 Å². The summed E-state index contributed by atoms with van der Waals surface area (Å²) in [6.07, 6.45) is 3.66. The first kappa shape index (κ1) is 12.4. The standard InChI is InChI=1S/C14H16N2O2S/c1-9-5-6-12(19-9)13-15-8-11-10(14(17)18-2)4-3-7-16(11)13/h5-6,8,10H,3-4,7H2,1-2H3. The van der Waals surface area contributed by atoms with Crippen LogP contribution in [0.5, 0.6) is 0 Å². The molecule has 19 heavy (non-hydrogen) atoms. The van der Waals surface area contributed by atoms with E-state index in [0.717, 1.165) is 35.8 Å². The number of esters is 1. The number of aromatic nitrogens is 2. The molecule has 0 N–H and O–H groups in total. The summed E-state index contributed by atoms with van der Waals surface area (Å²) >= 11 is 1.73. The fourth-order valence-corrected chi connectivity index (χ4v) is 3.51. The minimum absolute atomic E-state index is 0.158. The van der Waals surface area contributed by atoms with E-state index in [1.54, 1.807) is 11.3 Å². The van der Waals surface area contributed by atoms with Crippen LogP contribution in [-0.2, 0) is 16.1 Å². The smallest absolute Gasteiger partial charge is 0.314 e. The highest BCUT2D eigenvalue weighted by molar-refractivity contribution is 7.15. The molecule has 1 aliphatic heterocycles. The third-order valence-electron chi connectivity index (χ3n) is 3.56. The summed E-state index contributed by atoms with van der Waals surface area (Å²) in [4.78, 5) is 18.8. The van der Waals surface area contributed by atoms with Crippen LogP contribution in [0.2, 0.25) is 0 Å². The molecule has 0 amide bonds. The molecule has 1 atom stereocenters. The van der Waals surface area contributed by atoms with E-state index < -0.39 is 0 Å². The summed E-state index contributed by atoms with van der Waals surface area (Å²) in [6.45, 7) is 3.01. The number of fused-ring (bicyclic) bond motifs is 1. The van der Waals surface area contributed by atoms with Gasteiger partial charge in [0.2, 0.25) is 0 Å². The molecule has 2 aromatic heterocycles. The van der Waals surface area contributed by atoms with Gasteiger partial charge in [-0.05, 0) is 31.9 Å². The molecule has 1 unspecified atom stereocenters. The molecule has 0 saturated carbocycles. The Morgan fingerprint density at radius 1 is 1.53 bits per heavy atom. The number of nitrogens with zero attached hydrogens (tertiary/aromatic N) is 2. The van der Waals surface area contributed by atoms with Gasteiger partial charge in [0, 0.05) is 17.6 Å². The van der Waals surface area contributed by atoms with Gasteiger partial charge in [-0.3, -0.25) is 4.79 Å². The Labute approximate surface area is 116 Å². The molecule has 1 aliphatic rings. The molecule has 4 nitrogen and oxygen atoms in total. The average Bonchev–Trinajstić information content (AvgIpc) is 3.03. The van der Waals surface area contributed by atoms with Crippen LogP contribution < -0.4 is 0 Å². The van der Waals surface area contributed by atoms with Crippen LogP contribution in [-0.4, -0.2) is 22.6 Å². The lowest BCUT2D eigenvalue weighted by molar-refractivity contribution is -0.143. The molecule has 5 heteroatoms. The van der Waals surface area contributed by atoms with Crippen molar-refractivity contribution in [3.63, 3.8) is 0 Å². The van der Waals surface area contributed by atoms with Crippen LogP contribution in [0.25, 0.3) is 10.7 Å². The van der Waals surface area contributed by atoms with Crippen LogP contribution >= 0.6 is 11.3 Å². The number of thiophene rings is 1. The van der Waals surface area contributed by atoms with Gasteiger partial charge in [0.15, 0.2) is 0 Å². The lowest BCUT2D eigenvalue weighted by Gasteiger charge is -2.23. The quantitative estimate of drug-likeness (QED) is 0.792. The third kappa shape index (κ3) is 2.08. The number of hydrogen-bond acceptors (Lipinski definition) is 4. The van der Waals surface area contributed by atoms with Gasteiger partial charge in [0.25, 0.3) is 0 Å². The molecule has 0 aromatic carbocycles. The molecule has 0 spiro atoms. The molecule has 0 radical (unpaired) electrons. The lowest BCUT2D eigenvalue weighted by atomic mass is 9.96. The highest BCUT2D eigenvalue weighted by Gasteiger charge is 2.30. The Morgan fingerprint density at radius 2 is 2.37 bits per heavy atom. The van der Waals surface area contributed by atoms with Crippen molar-refractivity contribution in [2.45, 2.75) is 32.2 Å². The topological polar surface area (TPSA) is 44.1 Å². The van der Waals surface area contributed by atoms with E-state index in [1.165, 1.54) is 12.0 Å². The first-order chi connectivity index (χ1) is 9.20. The zero-order valence-corrected chi connectivity index (χ0v) is 11.9. The monoisotopic (exact) mass is 276 g/mol. The van der Waals surface area contributed by atoms with Crippen molar-refractivity contribution in [3.8, 4) is 10.7 Å². The number of rotatable bonds is 2. The molecular weight excluding hydrogens is 260 g/mol. The third-order valence-corrected chi connectivity index (χ3v) is 4.56. The minimum atomic E-state index is -0.166. The average molecular weight is 276 g/mol. The molecule has 3 heterocycles. The normalized spacial score (nSPS) is 18.1. The van der Waals surface area contributed by atoms with E-state index in [2.05, 4.69) is 28.6 Å². The molecule has 3 rings (SSSR count). The summed E-state index contributed by atoms with van der Waals surface area (Å²) < 4.78 is 7.05. The number of carbonyl (C=O) groups excluding carboxylic acids is 1. The number of ether oxygens (including phenoxy) is 1. The van der Waals surface area contributed by atoms with Gasteiger partial charge in [-0.25, -0.2) is 4.98 Å². The minimum Gasteiger partial charge on any atom is -0.469 e. The maximum atomic E-state index is 11.8. The SMILES string of the molecule is COC(=O)C1CCCn2c1cnc2-c1ccc(C)s1. The predicted molar refractivity (Wildman–Crippen MR) is 74.3 cm³/mol. The number of carbonyl (C=O) groups is 1. The van der Waals surface area contributed by atoms with Crippen LogP contribution in [0.1, 0.15) is 29.3 Å². The van der Waals surface area contributed by atoms with E-state index in [9.17, 15) is 4.79 Å². The molecule has 0 bridgehead atoms.